The number of nitrogens with one attached hydrogen (secondary N) is 3. The summed E-state index contributed by atoms with van der Waals surface area (Å²) in [6.45, 7) is 3.43. The van der Waals surface area contributed by atoms with Gasteiger partial charge in [0.05, 0.1) is 6.20 Å². The number of pyridine rings is 1. The number of amides is 1. The van der Waals surface area contributed by atoms with Crippen molar-refractivity contribution in [2.45, 2.75) is 6.42 Å². The third kappa shape index (κ3) is 3.90. The molecule has 3 heterocycles. The molecule has 29 heavy (non-hydrogen) atoms. The molecule has 9 heteroatoms. The Morgan fingerprint density at radius 2 is 2.00 bits per heavy atom. The van der Waals surface area contributed by atoms with Gasteiger partial charge < -0.3 is 30.4 Å². The van der Waals surface area contributed by atoms with Crippen LogP contribution in [0.2, 0.25) is 0 Å². The van der Waals surface area contributed by atoms with Crippen LogP contribution in [0.3, 0.4) is 0 Å². The van der Waals surface area contributed by atoms with Crippen LogP contribution in [-0.4, -0.2) is 69.9 Å². The second kappa shape index (κ2) is 8.27. The molecule has 1 fully saturated rings. The first-order valence-corrected chi connectivity index (χ1v) is 9.53. The Hall–Kier alpha value is -3.46. The lowest BCUT2D eigenvalue weighted by Crippen LogP contribution is -2.46. The molecule has 0 radical (unpaired) electrons. The summed E-state index contributed by atoms with van der Waals surface area (Å²) < 4.78 is 0. The Morgan fingerprint density at radius 3 is 2.72 bits per heavy atom. The number of aromatic hydroxyl groups is 1. The van der Waals surface area contributed by atoms with Gasteiger partial charge in [0.2, 0.25) is 0 Å². The van der Waals surface area contributed by atoms with E-state index in [-0.39, 0.29) is 11.7 Å². The van der Waals surface area contributed by atoms with E-state index >= 15 is 0 Å². The smallest absolute Gasteiger partial charge is 0.253 e. The maximum atomic E-state index is 12.6. The van der Waals surface area contributed by atoms with E-state index in [4.69, 9.17) is 0 Å². The summed E-state index contributed by atoms with van der Waals surface area (Å²) in [4.78, 5) is 36.8. The number of imidazole rings is 1. The molecule has 0 bridgehead atoms. The summed E-state index contributed by atoms with van der Waals surface area (Å²) in [5.41, 5.74) is 2.91. The summed E-state index contributed by atoms with van der Waals surface area (Å²) in [7, 11) is 0. The average Bonchev–Trinajstić information content (AvgIpc) is 3.20. The number of benzene rings is 1. The molecule has 1 aliphatic rings. The third-order valence-electron chi connectivity index (χ3n) is 4.87. The van der Waals surface area contributed by atoms with Gasteiger partial charge in [-0.3, -0.25) is 4.79 Å². The van der Waals surface area contributed by atoms with Gasteiger partial charge in [0.25, 0.3) is 5.91 Å². The standard InChI is InChI=1S/C20H22N6O3/c27-11-1-6-22-16-15(28)12-23-19-17(16)24-18(25-19)13-2-4-14(5-3-13)20(29)26-9-7-21-8-10-26/h2-5,11-12,21,28H,1,6-10H2,(H2,22,23,24,25). The predicted octanol–water partition coefficient (Wildman–Crippen LogP) is 1.38. The van der Waals surface area contributed by atoms with E-state index in [1.165, 1.54) is 6.20 Å². The summed E-state index contributed by atoms with van der Waals surface area (Å²) in [5.74, 6) is 0.587. The van der Waals surface area contributed by atoms with E-state index < -0.39 is 0 Å². The number of fused-ring (bicyclic) bond motifs is 1. The summed E-state index contributed by atoms with van der Waals surface area (Å²) in [6.07, 6.45) is 2.46. The largest absolute Gasteiger partial charge is 0.504 e. The first kappa shape index (κ1) is 18.9. The molecule has 0 unspecified atom stereocenters. The first-order chi connectivity index (χ1) is 14.2. The van der Waals surface area contributed by atoms with Crippen molar-refractivity contribution in [2.24, 2.45) is 0 Å². The van der Waals surface area contributed by atoms with Gasteiger partial charge in [0.15, 0.2) is 11.4 Å². The van der Waals surface area contributed by atoms with Crippen LogP contribution in [0.5, 0.6) is 5.75 Å². The van der Waals surface area contributed by atoms with E-state index in [9.17, 15) is 14.7 Å². The highest BCUT2D eigenvalue weighted by Crippen LogP contribution is 2.31. The molecule has 1 saturated heterocycles. The van der Waals surface area contributed by atoms with Gasteiger partial charge in [-0.2, -0.15) is 0 Å². The number of aromatic nitrogens is 3. The third-order valence-corrected chi connectivity index (χ3v) is 4.87. The lowest BCUT2D eigenvalue weighted by atomic mass is 10.1. The summed E-state index contributed by atoms with van der Waals surface area (Å²) in [5, 5.41) is 16.4. The van der Waals surface area contributed by atoms with Crippen LogP contribution in [0.1, 0.15) is 16.8 Å². The molecule has 1 aromatic carbocycles. The number of hydrogen-bond donors (Lipinski definition) is 4. The molecule has 0 atom stereocenters. The molecular weight excluding hydrogens is 372 g/mol. The molecule has 9 nitrogen and oxygen atoms in total. The maximum Gasteiger partial charge on any atom is 0.253 e. The van der Waals surface area contributed by atoms with Gasteiger partial charge >= 0.3 is 0 Å². The van der Waals surface area contributed by atoms with Crippen LogP contribution in [-0.2, 0) is 4.79 Å². The molecule has 2 aromatic heterocycles. The summed E-state index contributed by atoms with van der Waals surface area (Å²) in [6, 6.07) is 7.26. The van der Waals surface area contributed by atoms with Gasteiger partial charge in [-0.25, -0.2) is 9.97 Å². The first-order valence-electron chi connectivity index (χ1n) is 9.53. The average molecular weight is 394 g/mol. The van der Waals surface area contributed by atoms with Gasteiger partial charge in [0.1, 0.15) is 23.3 Å². The fourth-order valence-corrected chi connectivity index (χ4v) is 3.34. The Balaban J connectivity index is 1.58. The number of piperazine rings is 1. The second-order valence-electron chi connectivity index (χ2n) is 6.80. The van der Waals surface area contributed by atoms with Crippen LogP contribution < -0.4 is 10.6 Å². The minimum Gasteiger partial charge on any atom is -0.504 e. The highest BCUT2D eigenvalue weighted by Gasteiger charge is 2.18. The van der Waals surface area contributed by atoms with Crippen molar-refractivity contribution in [3.8, 4) is 17.1 Å². The topological polar surface area (TPSA) is 123 Å². The molecule has 0 saturated carbocycles. The zero-order valence-electron chi connectivity index (χ0n) is 15.8. The van der Waals surface area contributed by atoms with Crippen molar-refractivity contribution in [2.75, 3.05) is 38.0 Å². The fraction of sp³-hybridized carbons (Fsp3) is 0.300. The van der Waals surface area contributed by atoms with Gasteiger partial charge in [-0.05, 0) is 12.1 Å². The zero-order chi connectivity index (χ0) is 20.2. The van der Waals surface area contributed by atoms with Crippen molar-refractivity contribution in [3.05, 3.63) is 36.0 Å². The molecule has 1 aliphatic heterocycles. The Kier molecular flexibility index (Phi) is 5.39. The normalized spacial score (nSPS) is 14.1. The second-order valence-corrected chi connectivity index (χ2v) is 6.80. The van der Waals surface area contributed by atoms with Gasteiger partial charge in [0, 0.05) is 50.3 Å². The molecule has 4 rings (SSSR count). The Morgan fingerprint density at radius 1 is 1.24 bits per heavy atom. The van der Waals surface area contributed by atoms with E-state index in [0.29, 0.717) is 54.3 Å². The highest BCUT2D eigenvalue weighted by atomic mass is 16.3. The van der Waals surface area contributed by atoms with Crippen LogP contribution in [0.15, 0.2) is 30.5 Å². The van der Waals surface area contributed by atoms with E-state index in [0.717, 1.165) is 24.9 Å². The number of hydrogen-bond acceptors (Lipinski definition) is 7. The quantitative estimate of drug-likeness (QED) is 0.368. The van der Waals surface area contributed by atoms with Gasteiger partial charge in [-0.1, -0.05) is 12.1 Å². The number of rotatable bonds is 6. The minimum absolute atomic E-state index is 0.0180. The number of aromatic amines is 1. The van der Waals surface area contributed by atoms with Crippen molar-refractivity contribution < 1.29 is 14.7 Å². The minimum atomic E-state index is -0.0180. The molecule has 3 aromatic rings. The van der Waals surface area contributed by atoms with Gasteiger partial charge in [-0.15, -0.1) is 0 Å². The SMILES string of the molecule is O=CCCNc1c(O)cnc2nc(-c3ccc(C(=O)N4CCNCC4)cc3)[nH]c12. The fourth-order valence-electron chi connectivity index (χ4n) is 3.34. The maximum absolute atomic E-state index is 12.6. The van der Waals surface area contributed by atoms with Crippen molar-refractivity contribution in [3.63, 3.8) is 0 Å². The monoisotopic (exact) mass is 394 g/mol. The van der Waals surface area contributed by atoms with E-state index in [1.807, 2.05) is 17.0 Å². The molecule has 0 spiro atoms. The number of nitrogens with zero attached hydrogens (tertiary/aromatic N) is 3. The van der Waals surface area contributed by atoms with Crippen molar-refractivity contribution in [1.82, 2.24) is 25.2 Å². The number of carbonyl (C=O) groups excluding carboxylic acids is 2. The Labute approximate surface area is 167 Å². The molecule has 150 valence electrons. The van der Waals surface area contributed by atoms with E-state index in [2.05, 4.69) is 25.6 Å². The lowest BCUT2D eigenvalue weighted by molar-refractivity contribution is -0.107. The van der Waals surface area contributed by atoms with Crippen LogP contribution in [0, 0.1) is 0 Å². The molecule has 4 N–H and O–H groups in total. The van der Waals surface area contributed by atoms with Crippen LogP contribution >= 0.6 is 0 Å². The lowest BCUT2D eigenvalue weighted by Gasteiger charge is -2.27. The van der Waals surface area contributed by atoms with Crippen LogP contribution in [0.25, 0.3) is 22.6 Å². The molecular formula is C20H22N6O3. The zero-order valence-corrected chi connectivity index (χ0v) is 15.8. The van der Waals surface area contributed by atoms with Crippen LogP contribution in [0.4, 0.5) is 5.69 Å². The number of H-pyrrole nitrogens is 1. The Bertz CT molecular complexity index is 1020. The van der Waals surface area contributed by atoms with E-state index in [1.54, 1.807) is 12.1 Å². The molecule has 0 aliphatic carbocycles. The van der Waals surface area contributed by atoms with Crippen molar-refractivity contribution in [1.29, 1.82) is 0 Å². The van der Waals surface area contributed by atoms with Crippen molar-refractivity contribution >= 4 is 29.0 Å². The number of carbonyl (C=O) groups is 2. The molecule has 1 amide bonds. The summed E-state index contributed by atoms with van der Waals surface area (Å²) >= 11 is 0. The predicted molar refractivity (Wildman–Crippen MR) is 109 cm³/mol. The highest BCUT2D eigenvalue weighted by molar-refractivity contribution is 5.95. The number of anilines is 1. The number of aldehydes is 1.